The quantitative estimate of drug-likeness (QED) is 0.329. The summed E-state index contributed by atoms with van der Waals surface area (Å²) in [4.78, 5) is 31.8. The second kappa shape index (κ2) is 11.3. The summed E-state index contributed by atoms with van der Waals surface area (Å²) in [6.45, 7) is 5.80. The summed E-state index contributed by atoms with van der Waals surface area (Å²) in [6, 6.07) is 0.382. The molecule has 0 aliphatic carbocycles. The van der Waals surface area contributed by atoms with Gasteiger partial charge in [-0.15, -0.1) is 0 Å². The Bertz CT molecular complexity index is 1310. The number of fused-ring (bicyclic) bond motifs is 1. The summed E-state index contributed by atoms with van der Waals surface area (Å²) >= 11 is 0. The van der Waals surface area contributed by atoms with Crippen molar-refractivity contribution in [3.8, 4) is 0 Å². The Kier molecular flexibility index (Phi) is 8.86. The molecule has 1 aliphatic heterocycles. The van der Waals surface area contributed by atoms with E-state index in [1.807, 2.05) is 0 Å². The largest absolute Gasteiger partial charge is 0.443 e. The maximum absolute atomic E-state index is 13.8. The first-order valence-electron chi connectivity index (χ1n) is 12.6. The van der Waals surface area contributed by atoms with Gasteiger partial charge >= 0.3 is 24.6 Å². The van der Waals surface area contributed by atoms with Crippen LogP contribution < -0.4 is 4.90 Å². The molecule has 0 fully saturated rings. The van der Waals surface area contributed by atoms with Crippen molar-refractivity contribution in [3.63, 3.8) is 0 Å². The molecule has 0 saturated heterocycles. The van der Waals surface area contributed by atoms with Crippen LogP contribution in [0.25, 0.3) is 0 Å². The zero-order chi connectivity index (χ0) is 32.0. The third-order valence-corrected chi connectivity index (χ3v) is 6.39. The van der Waals surface area contributed by atoms with Gasteiger partial charge in [-0.1, -0.05) is 0 Å². The van der Waals surface area contributed by atoms with Crippen LogP contribution in [0.5, 0.6) is 0 Å². The Morgan fingerprint density at radius 3 is 1.93 bits per heavy atom. The standard InChI is InChI=1S/C27H28F9N3O3/c1-14-19(27(34,35)36)12-21-22(37-14)20(7-6-8-38(21)23(41)42-24(3,4)5)39(15(2)40)13-16-9-17(25(28,29)30)11-18(10-16)26(31,32)33/h9-12,20H,6-8,13H2,1-5H3. The van der Waals surface area contributed by atoms with Gasteiger partial charge in [0.25, 0.3) is 0 Å². The predicted octanol–water partition coefficient (Wildman–Crippen LogP) is 8.07. The van der Waals surface area contributed by atoms with Crippen LogP contribution in [0.1, 0.15) is 80.2 Å². The van der Waals surface area contributed by atoms with Gasteiger partial charge < -0.3 is 9.64 Å². The number of pyridine rings is 1. The van der Waals surface area contributed by atoms with E-state index in [0.29, 0.717) is 18.2 Å². The highest BCUT2D eigenvalue weighted by Crippen LogP contribution is 2.42. The van der Waals surface area contributed by atoms with Crippen molar-refractivity contribution in [2.75, 3.05) is 11.4 Å². The van der Waals surface area contributed by atoms with Crippen LogP contribution in [-0.4, -0.2) is 34.0 Å². The molecule has 1 aromatic heterocycles. The second-order valence-corrected chi connectivity index (χ2v) is 10.9. The molecule has 1 aromatic carbocycles. The number of nitrogens with zero attached hydrogens (tertiary/aromatic N) is 3. The molecule has 3 rings (SSSR count). The average molecular weight is 614 g/mol. The highest BCUT2D eigenvalue weighted by molar-refractivity contribution is 5.89. The lowest BCUT2D eigenvalue weighted by Crippen LogP contribution is -2.38. The number of ether oxygens (including phenoxy) is 1. The molecule has 0 bridgehead atoms. The first kappa shape index (κ1) is 33.0. The fraction of sp³-hybridized carbons (Fsp3) is 0.519. The van der Waals surface area contributed by atoms with Crippen molar-refractivity contribution >= 4 is 17.7 Å². The van der Waals surface area contributed by atoms with Gasteiger partial charge in [0.1, 0.15) is 5.60 Å². The third kappa shape index (κ3) is 7.65. The lowest BCUT2D eigenvalue weighted by molar-refractivity contribution is -0.143. The van der Waals surface area contributed by atoms with Crippen LogP contribution in [0.2, 0.25) is 0 Å². The minimum Gasteiger partial charge on any atom is -0.443 e. The van der Waals surface area contributed by atoms with Crippen molar-refractivity contribution in [3.05, 3.63) is 57.9 Å². The topological polar surface area (TPSA) is 62.7 Å². The van der Waals surface area contributed by atoms with Crippen molar-refractivity contribution in [1.82, 2.24) is 9.88 Å². The number of carbonyl (C=O) groups excluding carboxylic acids is 2. The van der Waals surface area contributed by atoms with E-state index in [1.54, 1.807) is 20.8 Å². The molecule has 1 aliphatic rings. The normalized spacial score (nSPS) is 16.5. The molecule has 232 valence electrons. The van der Waals surface area contributed by atoms with Gasteiger partial charge in [-0.3, -0.25) is 14.7 Å². The molecular formula is C27H28F9N3O3. The van der Waals surface area contributed by atoms with E-state index in [2.05, 4.69) is 4.98 Å². The summed E-state index contributed by atoms with van der Waals surface area (Å²) < 4.78 is 128. The summed E-state index contributed by atoms with van der Waals surface area (Å²) in [6.07, 6.45) is -16.1. The fourth-order valence-electron chi connectivity index (χ4n) is 4.62. The molecule has 0 spiro atoms. The van der Waals surface area contributed by atoms with E-state index in [1.165, 1.54) is 0 Å². The second-order valence-electron chi connectivity index (χ2n) is 10.9. The Morgan fingerprint density at radius 2 is 1.48 bits per heavy atom. The molecule has 6 nitrogen and oxygen atoms in total. The van der Waals surface area contributed by atoms with E-state index < -0.39 is 76.7 Å². The number of hydrogen-bond donors (Lipinski definition) is 0. The number of halogens is 9. The van der Waals surface area contributed by atoms with Gasteiger partial charge in [0.15, 0.2) is 0 Å². The minimum absolute atomic E-state index is 0.0191. The summed E-state index contributed by atoms with van der Waals surface area (Å²) in [7, 11) is 0. The SMILES string of the molecule is CC(=O)N(Cc1cc(C(F)(F)F)cc(C(F)(F)F)c1)C1CCCN(C(=O)OC(C)(C)C)c2cc(C(F)(F)F)c(C)nc21. The molecule has 1 unspecified atom stereocenters. The number of alkyl halides is 9. The Hall–Kier alpha value is -3.52. The maximum atomic E-state index is 13.8. The number of amides is 2. The zero-order valence-electron chi connectivity index (χ0n) is 23.2. The van der Waals surface area contributed by atoms with Crippen LogP contribution in [-0.2, 0) is 34.6 Å². The molecule has 2 heterocycles. The summed E-state index contributed by atoms with van der Waals surface area (Å²) in [5.74, 6) is -0.790. The molecule has 0 radical (unpaired) electrons. The van der Waals surface area contributed by atoms with Gasteiger partial charge in [-0.2, -0.15) is 39.5 Å². The van der Waals surface area contributed by atoms with Crippen molar-refractivity contribution in [2.24, 2.45) is 0 Å². The van der Waals surface area contributed by atoms with Crippen LogP contribution in [0, 0.1) is 6.92 Å². The van der Waals surface area contributed by atoms with E-state index >= 15 is 0 Å². The van der Waals surface area contributed by atoms with Crippen LogP contribution in [0.3, 0.4) is 0 Å². The number of aryl methyl sites for hydroxylation is 1. The molecular weight excluding hydrogens is 585 g/mol. The number of rotatable bonds is 3. The monoisotopic (exact) mass is 613 g/mol. The highest BCUT2D eigenvalue weighted by Gasteiger charge is 2.41. The molecule has 42 heavy (non-hydrogen) atoms. The lowest BCUT2D eigenvalue weighted by Gasteiger charge is -2.32. The van der Waals surface area contributed by atoms with Crippen molar-refractivity contribution in [2.45, 2.75) is 84.2 Å². The molecule has 1 atom stereocenters. The maximum Gasteiger partial charge on any atom is 0.418 e. The Labute approximate surface area is 235 Å². The third-order valence-electron chi connectivity index (χ3n) is 6.39. The number of carbonyl (C=O) groups is 2. The van der Waals surface area contributed by atoms with Gasteiger partial charge in [0.05, 0.1) is 39.8 Å². The highest BCUT2D eigenvalue weighted by atomic mass is 19.4. The van der Waals surface area contributed by atoms with Crippen LogP contribution >= 0.6 is 0 Å². The summed E-state index contributed by atoms with van der Waals surface area (Å²) in [5, 5.41) is 0. The van der Waals surface area contributed by atoms with E-state index in [-0.39, 0.29) is 36.8 Å². The molecule has 0 saturated carbocycles. The number of anilines is 1. The van der Waals surface area contributed by atoms with Crippen LogP contribution in [0.4, 0.5) is 50.0 Å². The number of aromatic nitrogens is 1. The fourth-order valence-corrected chi connectivity index (χ4v) is 4.62. The van der Waals surface area contributed by atoms with Crippen molar-refractivity contribution < 1.29 is 53.8 Å². The van der Waals surface area contributed by atoms with Gasteiger partial charge in [-0.05, 0) is 70.4 Å². The first-order valence-corrected chi connectivity index (χ1v) is 12.6. The van der Waals surface area contributed by atoms with Gasteiger partial charge in [-0.25, -0.2) is 4.79 Å². The van der Waals surface area contributed by atoms with E-state index in [4.69, 9.17) is 4.74 Å². The van der Waals surface area contributed by atoms with Crippen LogP contribution in [0.15, 0.2) is 24.3 Å². The van der Waals surface area contributed by atoms with Crippen molar-refractivity contribution in [1.29, 1.82) is 0 Å². The smallest absolute Gasteiger partial charge is 0.418 e. The molecule has 2 amide bonds. The molecule has 0 N–H and O–H groups in total. The molecule has 15 heteroatoms. The van der Waals surface area contributed by atoms with Gasteiger partial charge in [0.2, 0.25) is 5.91 Å². The average Bonchev–Trinajstić information content (AvgIpc) is 2.98. The van der Waals surface area contributed by atoms with Gasteiger partial charge in [0, 0.05) is 20.0 Å². The number of hydrogen-bond acceptors (Lipinski definition) is 4. The predicted molar refractivity (Wildman–Crippen MR) is 132 cm³/mol. The Morgan fingerprint density at radius 1 is 0.929 bits per heavy atom. The first-order chi connectivity index (χ1) is 19.0. The van der Waals surface area contributed by atoms with E-state index in [0.717, 1.165) is 23.6 Å². The minimum atomic E-state index is -5.13. The summed E-state index contributed by atoms with van der Waals surface area (Å²) in [5.41, 5.74) is -6.89. The molecule has 2 aromatic rings. The lowest BCUT2D eigenvalue weighted by atomic mass is 10.00. The zero-order valence-corrected chi connectivity index (χ0v) is 23.2. The number of benzene rings is 1. The van der Waals surface area contributed by atoms with E-state index in [9.17, 15) is 49.1 Å². The Balaban J connectivity index is 2.20.